The van der Waals surface area contributed by atoms with Crippen LogP contribution in [0, 0.1) is 0 Å². The third kappa shape index (κ3) is 3.07. The molecule has 0 saturated heterocycles. The van der Waals surface area contributed by atoms with Gasteiger partial charge in [-0.15, -0.1) is 0 Å². The second-order valence-corrected chi connectivity index (χ2v) is 5.02. The van der Waals surface area contributed by atoms with Crippen LogP contribution < -0.4 is 10.2 Å². The van der Waals surface area contributed by atoms with Gasteiger partial charge in [-0.1, -0.05) is 23.2 Å². The summed E-state index contributed by atoms with van der Waals surface area (Å²) in [6, 6.07) is 2.97. The molecule has 0 atom stereocenters. The Kier molecular flexibility index (Phi) is 4.20. The maximum Gasteiger partial charge on any atom is 0.490 e. The van der Waals surface area contributed by atoms with E-state index in [-0.39, 0.29) is 16.6 Å². The predicted octanol–water partition coefficient (Wildman–Crippen LogP) is 1.99. The molecule has 1 aromatic carbocycles. The van der Waals surface area contributed by atoms with Crippen molar-refractivity contribution in [1.82, 2.24) is 0 Å². The van der Waals surface area contributed by atoms with Gasteiger partial charge in [0.1, 0.15) is 5.75 Å². The molecule has 0 aliphatic heterocycles. The molecule has 92 valence electrons. The zero-order valence-corrected chi connectivity index (χ0v) is 10.7. The van der Waals surface area contributed by atoms with Crippen LogP contribution in [0.25, 0.3) is 0 Å². The second kappa shape index (κ2) is 5.48. The molecule has 0 unspecified atom stereocenters. The molecule has 2 N–H and O–H groups in total. The first kappa shape index (κ1) is 13.0. The smallest absolute Gasteiger partial charge is 0.489 e. The molecule has 17 heavy (non-hydrogen) atoms. The third-order valence-electron chi connectivity index (χ3n) is 2.93. The van der Waals surface area contributed by atoms with E-state index in [0.29, 0.717) is 10.8 Å². The van der Waals surface area contributed by atoms with Gasteiger partial charge in [-0.05, 0) is 37.8 Å². The minimum Gasteiger partial charge on any atom is -0.489 e. The molecule has 2 rings (SSSR count). The van der Waals surface area contributed by atoms with Gasteiger partial charge >= 0.3 is 7.12 Å². The first-order chi connectivity index (χ1) is 8.08. The quantitative estimate of drug-likeness (QED) is 0.829. The van der Waals surface area contributed by atoms with Crippen molar-refractivity contribution in [3.05, 3.63) is 22.2 Å². The van der Waals surface area contributed by atoms with Crippen LogP contribution in [0.1, 0.15) is 25.7 Å². The Hall–Kier alpha value is -0.415. The van der Waals surface area contributed by atoms with E-state index < -0.39 is 7.12 Å². The van der Waals surface area contributed by atoms with Crippen LogP contribution in [-0.2, 0) is 0 Å². The standard InChI is InChI=1S/C11H13BCl2O3/c13-9-6-10(14)11(5-8(9)12(15)16)17-7-3-1-2-4-7/h5-7,15-16H,1-4H2. The summed E-state index contributed by atoms with van der Waals surface area (Å²) in [7, 11) is -1.62. The Balaban J connectivity index is 2.23. The first-order valence-corrected chi connectivity index (χ1v) is 6.35. The van der Waals surface area contributed by atoms with Crippen molar-refractivity contribution in [2.45, 2.75) is 31.8 Å². The molecule has 1 saturated carbocycles. The molecule has 6 heteroatoms. The van der Waals surface area contributed by atoms with Gasteiger partial charge < -0.3 is 14.8 Å². The lowest BCUT2D eigenvalue weighted by Crippen LogP contribution is -2.31. The highest BCUT2D eigenvalue weighted by molar-refractivity contribution is 6.63. The van der Waals surface area contributed by atoms with Gasteiger partial charge in [0.15, 0.2) is 0 Å². The Labute approximate surface area is 110 Å². The second-order valence-electron chi connectivity index (χ2n) is 4.20. The van der Waals surface area contributed by atoms with Crippen molar-refractivity contribution in [3.8, 4) is 5.75 Å². The van der Waals surface area contributed by atoms with Crippen LogP contribution >= 0.6 is 23.2 Å². The molecular weight excluding hydrogens is 262 g/mol. The van der Waals surface area contributed by atoms with Crippen LogP contribution in [0.2, 0.25) is 10.0 Å². The predicted molar refractivity (Wildman–Crippen MR) is 69.2 cm³/mol. The van der Waals surface area contributed by atoms with Crippen LogP contribution in [0.15, 0.2) is 12.1 Å². The monoisotopic (exact) mass is 274 g/mol. The molecule has 0 bridgehead atoms. The van der Waals surface area contributed by atoms with Crippen molar-refractivity contribution in [2.24, 2.45) is 0 Å². The van der Waals surface area contributed by atoms with Crippen molar-refractivity contribution >= 4 is 35.8 Å². The van der Waals surface area contributed by atoms with Crippen molar-refractivity contribution in [3.63, 3.8) is 0 Å². The van der Waals surface area contributed by atoms with Gasteiger partial charge in [-0.3, -0.25) is 0 Å². The first-order valence-electron chi connectivity index (χ1n) is 5.59. The molecule has 0 amide bonds. The van der Waals surface area contributed by atoms with Gasteiger partial charge in [0.2, 0.25) is 0 Å². The summed E-state index contributed by atoms with van der Waals surface area (Å²) in [4.78, 5) is 0. The van der Waals surface area contributed by atoms with Crippen LogP contribution in [0.3, 0.4) is 0 Å². The van der Waals surface area contributed by atoms with Crippen molar-refractivity contribution < 1.29 is 14.8 Å². The fraction of sp³-hybridized carbons (Fsp3) is 0.455. The topological polar surface area (TPSA) is 49.7 Å². The molecule has 1 aliphatic carbocycles. The molecule has 1 fully saturated rings. The largest absolute Gasteiger partial charge is 0.490 e. The summed E-state index contributed by atoms with van der Waals surface area (Å²) in [5.74, 6) is 0.464. The number of ether oxygens (including phenoxy) is 1. The lowest BCUT2D eigenvalue weighted by atomic mass is 9.80. The molecule has 0 heterocycles. The van der Waals surface area contributed by atoms with E-state index in [1.807, 2.05) is 0 Å². The molecular formula is C11H13BCl2O3. The third-order valence-corrected chi connectivity index (χ3v) is 3.55. The minimum atomic E-state index is -1.62. The normalized spacial score (nSPS) is 16.2. The lowest BCUT2D eigenvalue weighted by molar-refractivity contribution is 0.210. The van der Waals surface area contributed by atoms with Crippen LogP contribution in [0.5, 0.6) is 5.75 Å². The maximum atomic E-state index is 9.15. The van der Waals surface area contributed by atoms with E-state index in [1.165, 1.54) is 12.1 Å². The van der Waals surface area contributed by atoms with E-state index in [0.717, 1.165) is 25.7 Å². The highest BCUT2D eigenvalue weighted by Gasteiger charge is 2.21. The van der Waals surface area contributed by atoms with Crippen molar-refractivity contribution in [2.75, 3.05) is 0 Å². The zero-order chi connectivity index (χ0) is 12.4. The summed E-state index contributed by atoms with van der Waals surface area (Å²) in [6.07, 6.45) is 4.50. The molecule has 0 radical (unpaired) electrons. The number of rotatable bonds is 3. The number of halogens is 2. The zero-order valence-electron chi connectivity index (χ0n) is 9.20. The number of benzene rings is 1. The molecule has 1 aromatic rings. The summed E-state index contributed by atoms with van der Waals surface area (Å²) in [6.45, 7) is 0. The van der Waals surface area contributed by atoms with E-state index in [4.69, 9.17) is 38.0 Å². The maximum absolute atomic E-state index is 9.15. The number of hydrogen-bond donors (Lipinski definition) is 2. The van der Waals surface area contributed by atoms with E-state index in [9.17, 15) is 0 Å². The average molecular weight is 275 g/mol. The Morgan fingerprint density at radius 1 is 1.12 bits per heavy atom. The summed E-state index contributed by atoms with van der Waals surface area (Å²) >= 11 is 11.9. The van der Waals surface area contributed by atoms with Gasteiger partial charge in [0, 0.05) is 10.5 Å². The number of hydrogen-bond acceptors (Lipinski definition) is 3. The van der Waals surface area contributed by atoms with E-state index in [2.05, 4.69) is 0 Å². The highest BCUT2D eigenvalue weighted by atomic mass is 35.5. The molecule has 1 aliphatic rings. The fourth-order valence-corrected chi connectivity index (χ4v) is 2.54. The highest BCUT2D eigenvalue weighted by Crippen LogP contribution is 2.30. The summed E-state index contributed by atoms with van der Waals surface area (Å²) < 4.78 is 5.74. The average Bonchev–Trinajstić information content (AvgIpc) is 2.74. The van der Waals surface area contributed by atoms with Gasteiger partial charge in [0.25, 0.3) is 0 Å². The molecule has 0 aromatic heterocycles. The van der Waals surface area contributed by atoms with Crippen LogP contribution in [0.4, 0.5) is 0 Å². The fourth-order valence-electron chi connectivity index (χ4n) is 2.02. The van der Waals surface area contributed by atoms with Gasteiger partial charge in [0.05, 0.1) is 11.1 Å². The van der Waals surface area contributed by atoms with E-state index in [1.54, 1.807) is 0 Å². The Morgan fingerprint density at radius 3 is 2.35 bits per heavy atom. The summed E-state index contributed by atoms with van der Waals surface area (Å²) in [5, 5.41) is 18.9. The summed E-state index contributed by atoms with van der Waals surface area (Å²) in [5.41, 5.74) is 0.212. The Bertz CT molecular complexity index is 406. The minimum absolute atomic E-state index is 0.164. The molecule has 0 spiro atoms. The van der Waals surface area contributed by atoms with E-state index >= 15 is 0 Å². The lowest BCUT2D eigenvalue weighted by Gasteiger charge is -2.16. The Morgan fingerprint density at radius 2 is 1.76 bits per heavy atom. The van der Waals surface area contributed by atoms with Crippen LogP contribution in [-0.4, -0.2) is 23.3 Å². The van der Waals surface area contributed by atoms with Crippen molar-refractivity contribution in [1.29, 1.82) is 0 Å². The molecule has 3 nitrogen and oxygen atoms in total. The van der Waals surface area contributed by atoms with Gasteiger partial charge in [-0.2, -0.15) is 0 Å². The SMILES string of the molecule is OB(O)c1cc(OC2CCCC2)c(Cl)cc1Cl. The van der Waals surface area contributed by atoms with Gasteiger partial charge in [-0.25, -0.2) is 0 Å².